The molecule has 30 heavy (non-hydrogen) atoms. The van der Waals surface area contributed by atoms with Crippen LogP contribution < -0.4 is 4.90 Å². The number of nitrogens with zero attached hydrogens (tertiary/aromatic N) is 2. The van der Waals surface area contributed by atoms with Gasteiger partial charge in [-0.15, -0.1) is 11.3 Å². The highest BCUT2D eigenvalue weighted by Gasteiger charge is 2.21. The fourth-order valence-electron chi connectivity index (χ4n) is 2.66. The summed E-state index contributed by atoms with van der Waals surface area (Å²) in [6.07, 6.45) is 1.34. The lowest BCUT2D eigenvalue weighted by Gasteiger charge is -2.20. The molecule has 2 aromatic carbocycles. The minimum atomic E-state index is -0.561. The maximum absolute atomic E-state index is 13.2. The minimum absolute atomic E-state index is 0.288. The Balaban J connectivity index is 1.82. The minimum Gasteiger partial charge on any atom is -0.452 e. The average molecular weight is 424 g/mol. The first-order valence-corrected chi connectivity index (χ1v) is 10.2. The molecule has 0 aliphatic rings. The number of carbonyl (C=O) groups is 2. The number of hydrogen-bond acceptors (Lipinski definition) is 5. The number of amides is 1. The SMILES string of the molecule is CC(C)=CC(=O)OCC(=O)N(Cc1ccccc1)c1nc(-c2ccc(F)cc2)cs1. The highest BCUT2D eigenvalue weighted by molar-refractivity contribution is 7.14. The lowest BCUT2D eigenvalue weighted by Crippen LogP contribution is -2.34. The molecule has 3 aromatic rings. The molecule has 5 nitrogen and oxygen atoms in total. The van der Waals surface area contributed by atoms with Crippen LogP contribution in [-0.2, 0) is 20.9 Å². The largest absolute Gasteiger partial charge is 0.452 e. The lowest BCUT2D eigenvalue weighted by atomic mass is 10.2. The molecule has 0 aliphatic carbocycles. The van der Waals surface area contributed by atoms with Crippen LogP contribution in [-0.4, -0.2) is 23.5 Å². The van der Waals surface area contributed by atoms with Crippen molar-refractivity contribution in [3.8, 4) is 11.3 Å². The smallest absolute Gasteiger partial charge is 0.331 e. The van der Waals surface area contributed by atoms with Crippen LogP contribution in [0.15, 0.2) is 71.6 Å². The molecular weight excluding hydrogens is 403 g/mol. The molecule has 0 saturated carbocycles. The normalized spacial score (nSPS) is 10.4. The summed E-state index contributed by atoms with van der Waals surface area (Å²) in [5, 5.41) is 2.28. The fraction of sp³-hybridized carbons (Fsp3) is 0.174. The van der Waals surface area contributed by atoms with Crippen molar-refractivity contribution in [2.45, 2.75) is 20.4 Å². The molecule has 1 aromatic heterocycles. The van der Waals surface area contributed by atoms with Gasteiger partial charge >= 0.3 is 5.97 Å². The molecular formula is C23H21FN2O3S. The third-order valence-electron chi connectivity index (χ3n) is 4.09. The van der Waals surface area contributed by atoms with Crippen molar-refractivity contribution in [2.75, 3.05) is 11.5 Å². The molecule has 0 aliphatic heterocycles. The lowest BCUT2D eigenvalue weighted by molar-refractivity contribution is -0.143. The Labute approximate surface area is 178 Å². The van der Waals surface area contributed by atoms with Gasteiger partial charge in [-0.3, -0.25) is 9.69 Å². The quantitative estimate of drug-likeness (QED) is 0.396. The summed E-state index contributed by atoms with van der Waals surface area (Å²) in [7, 11) is 0. The van der Waals surface area contributed by atoms with Crippen molar-refractivity contribution < 1.29 is 18.7 Å². The van der Waals surface area contributed by atoms with E-state index in [0.29, 0.717) is 10.8 Å². The number of ether oxygens (including phenoxy) is 1. The number of halogens is 1. The van der Waals surface area contributed by atoms with E-state index in [4.69, 9.17) is 4.74 Å². The first-order valence-electron chi connectivity index (χ1n) is 9.30. The Morgan fingerprint density at radius 3 is 2.47 bits per heavy atom. The highest BCUT2D eigenvalue weighted by atomic mass is 32.1. The number of carbonyl (C=O) groups excluding carboxylic acids is 2. The topological polar surface area (TPSA) is 59.5 Å². The number of anilines is 1. The number of hydrogen-bond donors (Lipinski definition) is 0. The van der Waals surface area contributed by atoms with E-state index < -0.39 is 5.97 Å². The van der Waals surface area contributed by atoms with Crippen LogP contribution >= 0.6 is 11.3 Å². The molecule has 3 rings (SSSR count). The van der Waals surface area contributed by atoms with Gasteiger partial charge in [-0.2, -0.15) is 0 Å². The van der Waals surface area contributed by atoms with Gasteiger partial charge in [0, 0.05) is 17.0 Å². The van der Waals surface area contributed by atoms with Crippen LogP contribution in [0.5, 0.6) is 0 Å². The van der Waals surface area contributed by atoms with Crippen LogP contribution in [0.2, 0.25) is 0 Å². The van der Waals surface area contributed by atoms with Crippen molar-refractivity contribution in [3.05, 3.63) is 83.0 Å². The van der Waals surface area contributed by atoms with Gasteiger partial charge in [0.2, 0.25) is 0 Å². The Morgan fingerprint density at radius 2 is 1.80 bits per heavy atom. The van der Waals surface area contributed by atoms with Gasteiger partial charge in [0.05, 0.1) is 12.2 Å². The van der Waals surface area contributed by atoms with Gasteiger partial charge in [0.15, 0.2) is 11.7 Å². The third-order valence-corrected chi connectivity index (χ3v) is 4.96. The summed E-state index contributed by atoms with van der Waals surface area (Å²) in [6.45, 7) is 3.45. The molecule has 0 fully saturated rings. The number of rotatable bonds is 7. The van der Waals surface area contributed by atoms with E-state index in [9.17, 15) is 14.0 Å². The maximum atomic E-state index is 13.2. The predicted octanol–water partition coefficient (Wildman–Crippen LogP) is 4.99. The van der Waals surface area contributed by atoms with Gasteiger partial charge in [-0.1, -0.05) is 35.9 Å². The second-order valence-corrected chi connectivity index (χ2v) is 7.65. The van der Waals surface area contributed by atoms with Crippen LogP contribution in [0.4, 0.5) is 9.52 Å². The van der Waals surface area contributed by atoms with Crippen molar-refractivity contribution in [1.29, 1.82) is 0 Å². The van der Waals surface area contributed by atoms with Crippen LogP contribution in [0, 0.1) is 5.82 Å². The van der Waals surface area contributed by atoms with Gasteiger partial charge < -0.3 is 4.74 Å². The van der Waals surface area contributed by atoms with E-state index in [1.165, 1.54) is 34.4 Å². The first-order chi connectivity index (χ1) is 14.4. The average Bonchev–Trinajstić information content (AvgIpc) is 3.21. The van der Waals surface area contributed by atoms with Crippen LogP contribution in [0.25, 0.3) is 11.3 Å². The molecule has 0 radical (unpaired) electrons. The number of esters is 1. The maximum Gasteiger partial charge on any atom is 0.331 e. The Bertz CT molecular complexity index is 1040. The fourth-order valence-corrected chi connectivity index (χ4v) is 3.51. The summed E-state index contributed by atoms with van der Waals surface area (Å²) in [5.41, 5.74) is 3.10. The molecule has 1 amide bonds. The Kier molecular flexibility index (Phi) is 7.08. The highest BCUT2D eigenvalue weighted by Crippen LogP contribution is 2.29. The second-order valence-electron chi connectivity index (χ2n) is 6.82. The molecule has 0 N–H and O–H groups in total. The summed E-state index contributed by atoms with van der Waals surface area (Å²) in [5.74, 6) is -1.27. The van der Waals surface area contributed by atoms with Crippen LogP contribution in [0.3, 0.4) is 0 Å². The van der Waals surface area contributed by atoms with E-state index in [1.54, 1.807) is 26.0 Å². The number of allylic oxidation sites excluding steroid dienone is 1. The number of thiazole rings is 1. The Hall–Kier alpha value is -3.32. The number of benzene rings is 2. The summed E-state index contributed by atoms with van der Waals surface area (Å²) >= 11 is 1.30. The van der Waals surface area contributed by atoms with Gasteiger partial charge in [0.1, 0.15) is 5.82 Å². The molecule has 0 atom stereocenters. The van der Waals surface area contributed by atoms with Crippen molar-refractivity contribution >= 4 is 28.3 Å². The monoisotopic (exact) mass is 424 g/mol. The van der Waals surface area contributed by atoms with Gasteiger partial charge in [-0.05, 0) is 43.7 Å². The number of aromatic nitrogens is 1. The van der Waals surface area contributed by atoms with Crippen molar-refractivity contribution in [2.24, 2.45) is 0 Å². The third kappa shape index (κ3) is 5.84. The standard InChI is InChI=1S/C23H21FN2O3S/c1-16(2)12-22(28)29-14-21(27)26(13-17-6-4-3-5-7-17)23-25-20(15-30-23)18-8-10-19(24)11-9-18/h3-12,15H,13-14H2,1-2H3. The molecule has 0 bridgehead atoms. The van der Waals surface area contributed by atoms with Crippen molar-refractivity contribution in [1.82, 2.24) is 4.98 Å². The Morgan fingerprint density at radius 1 is 1.10 bits per heavy atom. The van der Waals surface area contributed by atoms with E-state index >= 15 is 0 Å². The molecule has 0 saturated heterocycles. The second kappa shape index (κ2) is 9.93. The summed E-state index contributed by atoms with van der Waals surface area (Å²) in [6, 6.07) is 15.5. The van der Waals surface area contributed by atoms with Gasteiger partial charge in [0.25, 0.3) is 5.91 Å². The van der Waals surface area contributed by atoms with E-state index in [2.05, 4.69) is 4.98 Å². The van der Waals surface area contributed by atoms with Crippen molar-refractivity contribution in [3.63, 3.8) is 0 Å². The zero-order chi connectivity index (χ0) is 21.5. The molecule has 154 valence electrons. The van der Waals surface area contributed by atoms with E-state index in [-0.39, 0.29) is 24.9 Å². The molecule has 0 spiro atoms. The van der Waals surface area contributed by atoms with Crippen LogP contribution in [0.1, 0.15) is 19.4 Å². The zero-order valence-corrected chi connectivity index (χ0v) is 17.5. The van der Waals surface area contributed by atoms with E-state index in [1.807, 2.05) is 35.7 Å². The zero-order valence-electron chi connectivity index (χ0n) is 16.7. The first kappa shape index (κ1) is 21.4. The molecule has 1 heterocycles. The van der Waals surface area contributed by atoms with Gasteiger partial charge in [-0.25, -0.2) is 14.2 Å². The summed E-state index contributed by atoms with van der Waals surface area (Å²) in [4.78, 5) is 30.7. The molecule has 0 unspecified atom stereocenters. The van der Waals surface area contributed by atoms with E-state index in [0.717, 1.165) is 16.7 Å². The summed E-state index contributed by atoms with van der Waals surface area (Å²) < 4.78 is 18.3. The molecule has 7 heteroatoms. The predicted molar refractivity (Wildman–Crippen MR) is 116 cm³/mol.